The van der Waals surface area contributed by atoms with E-state index in [1.165, 1.54) is 0 Å². The zero-order valence-electron chi connectivity index (χ0n) is 8.97. The maximum Gasteiger partial charge on any atom is 0.217 e. The Bertz CT molecular complexity index is 218. The molecular weight excluding hydrogens is 178 g/mol. The molecule has 0 spiro atoms. The van der Waals surface area contributed by atoms with Crippen LogP contribution in [0, 0.1) is 16.7 Å². The standard InChI is InChI=1S/C10H19N3O/c1-10(2,8-11)5-7-13-6-3-4-9(12)14/h13H,3-7H2,1-2H3,(H2,12,14). The minimum atomic E-state index is -0.267. The van der Waals surface area contributed by atoms with Crippen molar-refractivity contribution in [3.05, 3.63) is 0 Å². The van der Waals surface area contributed by atoms with Crippen molar-refractivity contribution < 1.29 is 4.79 Å². The molecule has 0 saturated carbocycles. The second kappa shape index (κ2) is 6.39. The molecule has 0 aromatic carbocycles. The summed E-state index contributed by atoms with van der Waals surface area (Å²) in [6.07, 6.45) is 2.01. The Labute approximate surface area is 85.5 Å². The Morgan fingerprint density at radius 3 is 2.64 bits per heavy atom. The zero-order chi connectivity index (χ0) is 11.0. The van der Waals surface area contributed by atoms with E-state index in [0.717, 1.165) is 25.9 Å². The van der Waals surface area contributed by atoms with Gasteiger partial charge in [0.15, 0.2) is 0 Å². The van der Waals surface area contributed by atoms with Gasteiger partial charge in [-0.1, -0.05) is 0 Å². The number of hydrogen-bond donors (Lipinski definition) is 2. The van der Waals surface area contributed by atoms with Gasteiger partial charge in [-0.05, 0) is 39.8 Å². The SMILES string of the molecule is CC(C)(C#N)CCNCCCC(N)=O. The molecule has 0 fully saturated rings. The molecule has 1 amide bonds. The highest BCUT2D eigenvalue weighted by Crippen LogP contribution is 2.16. The number of rotatable bonds is 7. The number of hydrogen-bond acceptors (Lipinski definition) is 3. The zero-order valence-corrected chi connectivity index (χ0v) is 8.97. The topological polar surface area (TPSA) is 78.9 Å². The van der Waals surface area contributed by atoms with Gasteiger partial charge in [0.2, 0.25) is 5.91 Å². The van der Waals surface area contributed by atoms with Crippen LogP contribution in [0.3, 0.4) is 0 Å². The van der Waals surface area contributed by atoms with Crippen molar-refractivity contribution >= 4 is 5.91 Å². The van der Waals surface area contributed by atoms with Gasteiger partial charge in [-0.3, -0.25) is 4.79 Å². The lowest BCUT2D eigenvalue weighted by Crippen LogP contribution is -2.23. The van der Waals surface area contributed by atoms with E-state index >= 15 is 0 Å². The highest BCUT2D eigenvalue weighted by Gasteiger charge is 2.14. The van der Waals surface area contributed by atoms with Crippen molar-refractivity contribution in [2.75, 3.05) is 13.1 Å². The Kier molecular flexibility index (Phi) is 5.89. The van der Waals surface area contributed by atoms with Gasteiger partial charge in [0, 0.05) is 6.42 Å². The van der Waals surface area contributed by atoms with E-state index in [9.17, 15) is 4.79 Å². The first kappa shape index (κ1) is 12.9. The van der Waals surface area contributed by atoms with Crippen LogP contribution in [0.5, 0.6) is 0 Å². The molecule has 0 aromatic heterocycles. The third-order valence-electron chi connectivity index (χ3n) is 2.01. The van der Waals surface area contributed by atoms with Gasteiger partial charge in [0.1, 0.15) is 0 Å². The first-order valence-electron chi connectivity index (χ1n) is 4.88. The molecule has 0 aromatic rings. The predicted molar refractivity (Wildman–Crippen MR) is 55.3 cm³/mol. The molecule has 0 heterocycles. The number of carbonyl (C=O) groups excluding carboxylic acids is 1. The Hall–Kier alpha value is -1.08. The molecule has 0 bridgehead atoms. The van der Waals surface area contributed by atoms with Gasteiger partial charge in [-0.15, -0.1) is 0 Å². The van der Waals surface area contributed by atoms with Crippen LogP contribution in [-0.2, 0) is 4.79 Å². The fraction of sp³-hybridized carbons (Fsp3) is 0.800. The first-order chi connectivity index (χ1) is 6.48. The monoisotopic (exact) mass is 197 g/mol. The molecule has 3 N–H and O–H groups in total. The minimum Gasteiger partial charge on any atom is -0.370 e. The van der Waals surface area contributed by atoms with Gasteiger partial charge in [-0.25, -0.2) is 0 Å². The molecule has 0 atom stereocenters. The lowest BCUT2D eigenvalue weighted by molar-refractivity contribution is -0.118. The Balaban J connectivity index is 3.31. The van der Waals surface area contributed by atoms with Crippen LogP contribution in [0.1, 0.15) is 33.1 Å². The van der Waals surface area contributed by atoms with Crippen molar-refractivity contribution in [3.63, 3.8) is 0 Å². The molecule has 4 heteroatoms. The molecule has 0 saturated heterocycles. The molecule has 0 aliphatic carbocycles. The molecular formula is C10H19N3O. The third kappa shape index (κ3) is 7.56. The Morgan fingerprint density at radius 2 is 2.14 bits per heavy atom. The van der Waals surface area contributed by atoms with Gasteiger partial charge < -0.3 is 11.1 Å². The van der Waals surface area contributed by atoms with Gasteiger partial charge in [-0.2, -0.15) is 5.26 Å². The van der Waals surface area contributed by atoms with E-state index in [-0.39, 0.29) is 11.3 Å². The second-order valence-electron chi connectivity index (χ2n) is 4.07. The van der Waals surface area contributed by atoms with Crippen LogP contribution < -0.4 is 11.1 Å². The molecule has 4 nitrogen and oxygen atoms in total. The van der Waals surface area contributed by atoms with Crippen molar-refractivity contribution in [2.45, 2.75) is 33.1 Å². The summed E-state index contributed by atoms with van der Waals surface area (Å²) < 4.78 is 0. The maximum atomic E-state index is 10.4. The summed E-state index contributed by atoms with van der Waals surface area (Å²) in [7, 11) is 0. The van der Waals surface area contributed by atoms with Crippen molar-refractivity contribution in [3.8, 4) is 6.07 Å². The molecule has 0 unspecified atom stereocenters. The average Bonchev–Trinajstić information content (AvgIpc) is 2.10. The van der Waals surface area contributed by atoms with Crippen LogP contribution in [0.15, 0.2) is 0 Å². The molecule has 0 aliphatic rings. The van der Waals surface area contributed by atoms with Gasteiger partial charge in [0.25, 0.3) is 0 Å². The Morgan fingerprint density at radius 1 is 1.50 bits per heavy atom. The summed E-state index contributed by atoms with van der Waals surface area (Å²) in [5, 5.41) is 11.9. The van der Waals surface area contributed by atoms with Crippen molar-refractivity contribution in [1.29, 1.82) is 5.26 Å². The van der Waals surface area contributed by atoms with Crippen LogP contribution in [0.25, 0.3) is 0 Å². The number of nitrogens with zero attached hydrogens (tertiary/aromatic N) is 1. The molecule has 14 heavy (non-hydrogen) atoms. The van der Waals surface area contributed by atoms with E-state index in [1.807, 2.05) is 13.8 Å². The van der Waals surface area contributed by atoms with Crippen molar-refractivity contribution in [1.82, 2.24) is 5.32 Å². The average molecular weight is 197 g/mol. The third-order valence-corrected chi connectivity index (χ3v) is 2.01. The van der Waals surface area contributed by atoms with E-state index in [2.05, 4.69) is 11.4 Å². The second-order valence-corrected chi connectivity index (χ2v) is 4.07. The van der Waals surface area contributed by atoms with Crippen LogP contribution in [0.4, 0.5) is 0 Å². The maximum absolute atomic E-state index is 10.4. The fourth-order valence-electron chi connectivity index (χ4n) is 0.969. The molecule has 0 rings (SSSR count). The summed E-state index contributed by atoms with van der Waals surface area (Å²) in [6, 6.07) is 2.24. The van der Waals surface area contributed by atoms with E-state index in [1.54, 1.807) is 0 Å². The van der Waals surface area contributed by atoms with E-state index < -0.39 is 0 Å². The normalized spacial score (nSPS) is 10.9. The lowest BCUT2D eigenvalue weighted by Gasteiger charge is -2.14. The largest absolute Gasteiger partial charge is 0.370 e. The minimum absolute atomic E-state index is 0.260. The number of nitrogens with one attached hydrogen (secondary N) is 1. The van der Waals surface area contributed by atoms with Crippen LogP contribution >= 0.6 is 0 Å². The summed E-state index contributed by atoms with van der Waals surface area (Å²) in [6.45, 7) is 5.42. The first-order valence-corrected chi connectivity index (χ1v) is 4.88. The highest BCUT2D eigenvalue weighted by atomic mass is 16.1. The number of primary amides is 1. The van der Waals surface area contributed by atoms with Crippen LogP contribution in [-0.4, -0.2) is 19.0 Å². The number of nitriles is 1. The lowest BCUT2D eigenvalue weighted by atomic mass is 9.91. The fourth-order valence-corrected chi connectivity index (χ4v) is 0.969. The molecule has 0 radical (unpaired) electrons. The number of carbonyl (C=O) groups is 1. The number of amides is 1. The number of nitrogens with two attached hydrogens (primary N) is 1. The van der Waals surface area contributed by atoms with Gasteiger partial charge >= 0.3 is 0 Å². The van der Waals surface area contributed by atoms with E-state index in [0.29, 0.717) is 6.42 Å². The van der Waals surface area contributed by atoms with Crippen LogP contribution in [0.2, 0.25) is 0 Å². The van der Waals surface area contributed by atoms with E-state index in [4.69, 9.17) is 11.0 Å². The summed E-state index contributed by atoms with van der Waals surface area (Å²) in [4.78, 5) is 10.4. The summed E-state index contributed by atoms with van der Waals surface area (Å²) >= 11 is 0. The highest BCUT2D eigenvalue weighted by molar-refractivity contribution is 5.73. The summed E-state index contributed by atoms with van der Waals surface area (Å²) in [5.41, 5.74) is 4.72. The van der Waals surface area contributed by atoms with Gasteiger partial charge in [0.05, 0.1) is 11.5 Å². The quantitative estimate of drug-likeness (QED) is 0.592. The predicted octanol–water partition coefficient (Wildman–Crippen LogP) is 0.781. The molecule has 80 valence electrons. The molecule has 0 aliphatic heterocycles. The smallest absolute Gasteiger partial charge is 0.217 e. The van der Waals surface area contributed by atoms with Crippen molar-refractivity contribution in [2.24, 2.45) is 11.1 Å². The summed E-state index contributed by atoms with van der Waals surface area (Å²) in [5.74, 6) is -0.260.